The summed E-state index contributed by atoms with van der Waals surface area (Å²) in [6.45, 7) is 4.04. The fraction of sp³-hybridized carbons (Fsp3) is 0.259. The molecule has 0 fully saturated rings. The maximum Gasteiger partial charge on any atom is 0.416 e. The highest BCUT2D eigenvalue weighted by Gasteiger charge is 2.31. The average molecular weight is 503 g/mol. The number of unbranched alkanes of at least 4 members (excludes halogenated alkanes) is 1. The Balaban J connectivity index is 1.90. The van der Waals surface area contributed by atoms with E-state index in [2.05, 4.69) is 5.32 Å². The summed E-state index contributed by atoms with van der Waals surface area (Å²) in [5.74, 6) is -2.74. The van der Waals surface area contributed by atoms with Crippen LogP contribution in [-0.2, 0) is 12.7 Å². The lowest BCUT2D eigenvalue weighted by molar-refractivity contribution is -0.137. The molecule has 3 aromatic carbocycles. The van der Waals surface area contributed by atoms with Crippen LogP contribution in [0.15, 0.2) is 54.6 Å². The summed E-state index contributed by atoms with van der Waals surface area (Å²) in [5.41, 5.74) is 0.923. The molecule has 0 aromatic heterocycles. The molecule has 0 radical (unpaired) electrons. The minimum atomic E-state index is -4.73. The minimum Gasteiger partial charge on any atom is -0.493 e. The number of halogens is 4. The van der Waals surface area contributed by atoms with E-state index < -0.39 is 35.0 Å². The van der Waals surface area contributed by atoms with E-state index >= 15 is 0 Å². The first-order chi connectivity index (χ1) is 17.0. The van der Waals surface area contributed by atoms with Crippen molar-refractivity contribution in [2.24, 2.45) is 0 Å². The van der Waals surface area contributed by atoms with Gasteiger partial charge in [0.15, 0.2) is 0 Å². The van der Waals surface area contributed by atoms with Crippen LogP contribution in [0.5, 0.6) is 5.75 Å². The zero-order valence-electron chi connectivity index (χ0n) is 19.7. The van der Waals surface area contributed by atoms with Gasteiger partial charge < -0.3 is 15.2 Å². The fourth-order valence-corrected chi connectivity index (χ4v) is 3.68. The second kappa shape index (κ2) is 11.2. The van der Waals surface area contributed by atoms with Crippen molar-refractivity contribution in [1.29, 1.82) is 0 Å². The van der Waals surface area contributed by atoms with E-state index in [0.29, 0.717) is 40.7 Å². The molecule has 0 saturated carbocycles. The molecule has 36 heavy (non-hydrogen) atoms. The number of benzene rings is 3. The molecule has 0 spiro atoms. The van der Waals surface area contributed by atoms with Crippen molar-refractivity contribution >= 4 is 11.9 Å². The summed E-state index contributed by atoms with van der Waals surface area (Å²) in [7, 11) is 0. The van der Waals surface area contributed by atoms with E-state index in [4.69, 9.17) is 4.74 Å². The Hall–Kier alpha value is -3.88. The number of carbonyl (C=O) groups excluding carboxylic acids is 1. The molecule has 0 heterocycles. The molecule has 0 aliphatic carbocycles. The molecule has 0 saturated heterocycles. The predicted molar refractivity (Wildman–Crippen MR) is 127 cm³/mol. The highest BCUT2D eigenvalue weighted by molar-refractivity contribution is 5.94. The minimum absolute atomic E-state index is 0.0910. The Kier molecular flexibility index (Phi) is 8.34. The van der Waals surface area contributed by atoms with Crippen molar-refractivity contribution < 1.29 is 37.0 Å². The second-order valence-corrected chi connectivity index (χ2v) is 8.18. The molecular formula is C27H25F4NO4. The third kappa shape index (κ3) is 6.21. The molecule has 2 N–H and O–H groups in total. The van der Waals surface area contributed by atoms with Gasteiger partial charge in [-0.1, -0.05) is 31.5 Å². The van der Waals surface area contributed by atoms with E-state index in [0.717, 1.165) is 18.9 Å². The third-order valence-electron chi connectivity index (χ3n) is 5.67. The van der Waals surface area contributed by atoms with Gasteiger partial charge in [-0.2, -0.15) is 13.2 Å². The van der Waals surface area contributed by atoms with Gasteiger partial charge >= 0.3 is 12.1 Å². The predicted octanol–water partition coefficient (Wildman–Crippen LogP) is 6.63. The van der Waals surface area contributed by atoms with Crippen molar-refractivity contribution in [1.82, 2.24) is 5.32 Å². The highest BCUT2D eigenvalue weighted by atomic mass is 19.4. The summed E-state index contributed by atoms with van der Waals surface area (Å²) >= 11 is 0. The Morgan fingerprint density at radius 3 is 2.42 bits per heavy atom. The Labute approximate surface area is 205 Å². The lowest BCUT2D eigenvalue weighted by Gasteiger charge is -2.16. The van der Waals surface area contributed by atoms with Gasteiger partial charge in [-0.25, -0.2) is 9.18 Å². The standard InChI is InChI=1S/C27H25F4NO4/c1-3-4-12-36-24-11-8-17(20-6-5-7-21(16(20)2)26(34)35)13-18(24)15-32-25(33)22-10-9-19(14-23(22)28)27(29,30)31/h5-11,13-14H,3-4,12,15H2,1-2H3,(H,32,33)(H,34,35). The lowest BCUT2D eigenvalue weighted by Crippen LogP contribution is -2.24. The maximum absolute atomic E-state index is 14.2. The number of carbonyl (C=O) groups is 2. The van der Waals surface area contributed by atoms with Crippen molar-refractivity contribution in [3.05, 3.63) is 88.2 Å². The molecule has 0 aliphatic heterocycles. The number of amides is 1. The van der Waals surface area contributed by atoms with Crippen molar-refractivity contribution in [3.63, 3.8) is 0 Å². The SMILES string of the molecule is CCCCOc1ccc(-c2cccc(C(=O)O)c2C)cc1CNC(=O)c1ccc(C(F)(F)F)cc1F. The Bertz CT molecular complexity index is 1270. The van der Waals surface area contributed by atoms with Gasteiger partial charge in [-0.15, -0.1) is 0 Å². The van der Waals surface area contributed by atoms with Gasteiger partial charge in [0.25, 0.3) is 5.91 Å². The van der Waals surface area contributed by atoms with Crippen LogP contribution >= 0.6 is 0 Å². The van der Waals surface area contributed by atoms with Crippen LogP contribution in [0.4, 0.5) is 17.6 Å². The van der Waals surface area contributed by atoms with Gasteiger partial charge in [-0.3, -0.25) is 4.79 Å². The monoisotopic (exact) mass is 503 g/mol. The largest absolute Gasteiger partial charge is 0.493 e. The molecule has 0 atom stereocenters. The lowest BCUT2D eigenvalue weighted by atomic mass is 9.95. The number of alkyl halides is 3. The van der Waals surface area contributed by atoms with Crippen molar-refractivity contribution in [2.75, 3.05) is 6.61 Å². The molecule has 190 valence electrons. The van der Waals surface area contributed by atoms with E-state index in [9.17, 15) is 32.3 Å². The first-order valence-corrected chi connectivity index (χ1v) is 11.3. The first-order valence-electron chi connectivity index (χ1n) is 11.3. The van der Waals surface area contributed by atoms with Crippen molar-refractivity contribution in [3.8, 4) is 16.9 Å². The number of carboxylic acid groups (broad SMARTS) is 1. The van der Waals surface area contributed by atoms with Gasteiger partial charge in [0, 0.05) is 12.1 Å². The number of nitrogens with one attached hydrogen (secondary N) is 1. The molecule has 0 unspecified atom stereocenters. The highest BCUT2D eigenvalue weighted by Crippen LogP contribution is 2.32. The van der Waals surface area contributed by atoms with Gasteiger partial charge in [0.1, 0.15) is 11.6 Å². The van der Waals surface area contributed by atoms with Gasteiger partial charge in [0.2, 0.25) is 0 Å². The zero-order valence-corrected chi connectivity index (χ0v) is 19.7. The fourth-order valence-electron chi connectivity index (χ4n) is 3.68. The molecule has 5 nitrogen and oxygen atoms in total. The van der Waals surface area contributed by atoms with Crippen LogP contribution in [0.25, 0.3) is 11.1 Å². The van der Waals surface area contributed by atoms with Crippen molar-refractivity contribution in [2.45, 2.75) is 39.4 Å². The van der Waals surface area contributed by atoms with E-state index in [1.54, 1.807) is 37.3 Å². The molecule has 3 aromatic rings. The summed E-state index contributed by atoms with van der Waals surface area (Å²) in [5, 5.41) is 12.0. The molecule has 3 rings (SSSR count). The number of hydrogen-bond donors (Lipinski definition) is 2. The van der Waals surface area contributed by atoms with Crippen LogP contribution < -0.4 is 10.1 Å². The van der Waals surface area contributed by atoms with E-state index in [-0.39, 0.29) is 18.2 Å². The molecule has 0 aliphatic rings. The zero-order chi connectivity index (χ0) is 26.5. The summed E-state index contributed by atoms with van der Waals surface area (Å²) in [6, 6.07) is 11.9. The number of carboxylic acids is 1. The number of rotatable bonds is 9. The summed E-state index contributed by atoms with van der Waals surface area (Å²) < 4.78 is 58.5. The first kappa shape index (κ1) is 26.7. The topological polar surface area (TPSA) is 75.6 Å². The molecule has 0 bridgehead atoms. The quantitative estimate of drug-likeness (QED) is 0.254. The number of aromatic carboxylic acids is 1. The maximum atomic E-state index is 14.2. The van der Waals surface area contributed by atoms with E-state index in [1.165, 1.54) is 6.07 Å². The van der Waals surface area contributed by atoms with E-state index in [1.807, 2.05) is 6.92 Å². The summed E-state index contributed by atoms with van der Waals surface area (Å²) in [4.78, 5) is 24.1. The molecule has 9 heteroatoms. The van der Waals surface area contributed by atoms with Crippen LogP contribution in [-0.4, -0.2) is 23.6 Å². The van der Waals surface area contributed by atoms with Crippen LogP contribution in [0.2, 0.25) is 0 Å². The van der Waals surface area contributed by atoms with Crippen LogP contribution in [0.1, 0.15) is 57.2 Å². The average Bonchev–Trinajstić information content (AvgIpc) is 2.82. The number of hydrogen-bond acceptors (Lipinski definition) is 3. The van der Waals surface area contributed by atoms with Gasteiger partial charge in [-0.05, 0) is 66.4 Å². The third-order valence-corrected chi connectivity index (χ3v) is 5.67. The molecular weight excluding hydrogens is 478 g/mol. The summed E-state index contributed by atoms with van der Waals surface area (Å²) in [6.07, 6.45) is -3.03. The van der Waals surface area contributed by atoms with Crippen LogP contribution in [0, 0.1) is 12.7 Å². The van der Waals surface area contributed by atoms with Gasteiger partial charge in [0.05, 0.1) is 23.3 Å². The molecule has 1 amide bonds. The smallest absolute Gasteiger partial charge is 0.416 e. The normalized spacial score (nSPS) is 11.3. The van der Waals surface area contributed by atoms with Crippen LogP contribution in [0.3, 0.4) is 0 Å². The Morgan fingerprint density at radius 1 is 1.03 bits per heavy atom. The Morgan fingerprint density at radius 2 is 1.78 bits per heavy atom. The number of ether oxygens (including phenoxy) is 1. The second-order valence-electron chi connectivity index (χ2n) is 8.18.